The number of cyclic esters (lactones) is 1. The second kappa shape index (κ2) is 8.86. The number of hydrogen-bond donors (Lipinski definition) is 2. The van der Waals surface area contributed by atoms with Gasteiger partial charge in [0.1, 0.15) is 6.10 Å². The van der Waals surface area contributed by atoms with Crippen LogP contribution < -0.4 is 0 Å². The van der Waals surface area contributed by atoms with E-state index in [4.69, 9.17) is 4.74 Å². The van der Waals surface area contributed by atoms with Gasteiger partial charge in [0.05, 0.1) is 17.9 Å². The van der Waals surface area contributed by atoms with Crippen LogP contribution in [0.5, 0.6) is 0 Å². The first kappa shape index (κ1) is 23.1. The summed E-state index contributed by atoms with van der Waals surface area (Å²) in [4.78, 5) is 23.7. The van der Waals surface area contributed by atoms with Gasteiger partial charge in [-0.3, -0.25) is 9.59 Å². The summed E-state index contributed by atoms with van der Waals surface area (Å²) in [5.74, 6) is 0.802. The largest absolute Gasteiger partial charge is 0.481 e. The molecule has 0 saturated carbocycles. The van der Waals surface area contributed by atoms with E-state index in [-0.39, 0.29) is 24.4 Å². The van der Waals surface area contributed by atoms with Gasteiger partial charge in [-0.25, -0.2) is 0 Å². The maximum Gasteiger partial charge on any atom is 0.309 e. The minimum absolute atomic E-state index is 0.0432. The molecule has 5 heteroatoms. The first-order valence-corrected chi connectivity index (χ1v) is 11.5. The average Bonchev–Trinajstić information content (AvgIpc) is 2.65. The van der Waals surface area contributed by atoms with Gasteiger partial charge in [-0.2, -0.15) is 0 Å². The minimum atomic E-state index is -0.787. The highest BCUT2D eigenvalue weighted by molar-refractivity contribution is 5.74. The lowest BCUT2D eigenvalue weighted by Gasteiger charge is -2.48. The van der Waals surface area contributed by atoms with E-state index < -0.39 is 17.5 Å². The van der Waals surface area contributed by atoms with Crippen molar-refractivity contribution in [3.8, 4) is 0 Å². The molecule has 3 rings (SSSR count). The molecule has 2 unspecified atom stereocenters. The summed E-state index contributed by atoms with van der Waals surface area (Å²) in [7, 11) is 0. The summed E-state index contributed by atoms with van der Waals surface area (Å²) >= 11 is 0. The van der Waals surface area contributed by atoms with E-state index in [0.717, 1.165) is 19.3 Å². The standard InChI is InChI=1S/C25H38O5/c1-14-10-17-7-6-15(2)20(9-8-19-12-18(26)13-22(27)30-19)23(17)21(11-14)16(3)25(4,5)24(28)29/h6-7,10,14-16,18-21,23,26H,8-9,11-13H2,1-5H3,(H,28,29)/t14?,15-,16?,18+,19+,20-,21-,23+/m0/s1. The van der Waals surface area contributed by atoms with Crippen molar-refractivity contribution in [3.63, 3.8) is 0 Å². The van der Waals surface area contributed by atoms with Crippen molar-refractivity contribution in [2.75, 3.05) is 0 Å². The molecule has 1 fully saturated rings. The van der Waals surface area contributed by atoms with Crippen LogP contribution in [0.2, 0.25) is 0 Å². The van der Waals surface area contributed by atoms with Crippen LogP contribution in [-0.2, 0) is 14.3 Å². The van der Waals surface area contributed by atoms with Crippen LogP contribution in [0, 0.1) is 40.9 Å². The van der Waals surface area contributed by atoms with E-state index in [2.05, 4.69) is 39.0 Å². The zero-order valence-electron chi connectivity index (χ0n) is 19.0. The molecule has 2 aliphatic carbocycles. The van der Waals surface area contributed by atoms with E-state index in [0.29, 0.717) is 36.0 Å². The normalized spacial score (nSPS) is 37.7. The number of hydrogen-bond acceptors (Lipinski definition) is 4. The van der Waals surface area contributed by atoms with E-state index >= 15 is 0 Å². The Morgan fingerprint density at radius 2 is 1.97 bits per heavy atom. The Kier molecular flexibility index (Phi) is 6.81. The summed E-state index contributed by atoms with van der Waals surface area (Å²) in [5, 5.41) is 19.8. The van der Waals surface area contributed by atoms with Gasteiger partial charge in [0, 0.05) is 6.42 Å². The monoisotopic (exact) mass is 418 g/mol. The molecule has 0 radical (unpaired) electrons. The van der Waals surface area contributed by atoms with Gasteiger partial charge in [0.15, 0.2) is 0 Å². The Morgan fingerprint density at radius 3 is 2.60 bits per heavy atom. The van der Waals surface area contributed by atoms with Gasteiger partial charge in [-0.05, 0) is 74.2 Å². The highest BCUT2D eigenvalue weighted by Crippen LogP contribution is 2.52. The third-order valence-corrected chi connectivity index (χ3v) is 8.09. The lowest BCUT2D eigenvalue weighted by atomic mass is 9.56. The Labute approximate surface area is 180 Å². The third kappa shape index (κ3) is 4.66. The highest BCUT2D eigenvalue weighted by Gasteiger charge is 2.47. The Balaban J connectivity index is 1.83. The molecular formula is C25H38O5. The van der Waals surface area contributed by atoms with E-state index in [1.807, 2.05) is 13.8 Å². The zero-order valence-corrected chi connectivity index (χ0v) is 19.0. The molecule has 0 bridgehead atoms. The topological polar surface area (TPSA) is 83.8 Å². The Bertz CT molecular complexity index is 721. The van der Waals surface area contributed by atoms with Crippen molar-refractivity contribution in [2.45, 2.75) is 78.9 Å². The van der Waals surface area contributed by atoms with Crippen LogP contribution in [0.1, 0.15) is 66.7 Å². The highest BCUT2D eigenvalue weighted by atomic mass is 16.5. The van der Waals surface area contributed by atoms with Crippen molar-refractivity contribution in [3.05, 3.63) is 23.8 Å². The van der Waals surface area contributed by atoms with E-state index in [1.165, 1.54) is 5.57 Å². The molecule has 0 spiro atoms. The molecule has 0 aromatic rings. The van der Waals surface area contributed by atoms with Gasteiger partial charge in [0.2, 0.25) is 0 Å². The fourth-order valence-corrected chi connectivity index (χ4v) is 5.90. The summed E-state index contributed by atoms with van der Waals surface area (Å²) in [6, 6.07) is 0. The Morgan fingerprint density at radius 1 is 1.27 bits per heavy atom. The summed E-state index contributed by atoms with van der Waals surface area (Å²) in [6.07, 6.45) is 9.32. The maximum atomic E-state index is 12.0. The molecule has 1 aliphatic heterocycles. The van der Waals surface area contributed by atoms with Gasteiger partial charge >= 0.3 is 11.9 Å². The lowest BCUT2D eigenvalue weighted by Crippen LogP contribution is -2.44. The molecule has 30 heavy (non-hydrogen) atoms. The predicted molar refractivity (Wildman–Crippen MR) is 116 cm³/mol. The van der Waals surface area contributed by atoms with Crippen LogP contribution in [-0.4, -0.2) is 34.4 Å². The smallest absolute Gasteiger partial charge is 0.309 e. The number of rotatable bonds is 6. The molecule has 5 nitrogen and oxygen atoms in total. The molecule has 0 aromatic heterocycles. The third-order valence-electron chi connectivity index (χ3n) is 8.09. The van der Waals surface area contributed by atoms with Crippen molar-refractivity contribution in [1.82, 2.24) is 0 Å². The molecule has 1 heterocycles. The van der Waals surface area contributed by atoms with Crippen molar-refractivity contribution < 1.29 is 24.5 Å². The Hall–Kier alpha value is -1.62. The fourth-order valence-electron chi connectivity index (χ4n) is 5.90. The number of aliphatic hydroxyl groups is 1. The summed E-state index contributed by atoms with van der Waals surface area (Å²) in [5.41, 5.74) is 0.556. The van der Waals surface area contributed by atoms with Crippen LogP contribution in [0.25, 0.3) is 0 Å². The number of carbonyl (C=O) groups is 2. The molecule has 0 amide bonds. The van der Waals surface area contributed by atoms with Gasteiger partial charge in [-0.1, -0.05) is 39.0 Å². The van der Waals surface area contributed by atoms with Crippen molar-refractivity contribution in [2.24, 2.45) is 40.9 Å². The van der Waals surface area contributed by atoms with Crippen LogP contribution in [0.3, 0.4) is 0 Å². The molecule has 0 aromatic carbocycles. The first-order chi connectivity index (χ1) is 14.0. The number of carboxylic acid groups (broad SMARTS) is 1. The van der Waals surface area contributed by atoms with Crippen LogP contribution in [0.4, 0.5) is 0 Å². The average molecular weight is 419 g/mol. The molecular weight excluding hydrogens is 380 g/mol. The van der Waals surface area contributed by atoms with Crippen LogP contribution in [0.15, 0.2) is 23.8 Å². The van der Waals surface area contributed by atoms with Gasteiger partial charge in [-0.15, -0.1) is 0 Å². The zero-order chi connectivity index (χ0) is 22.2. The minimum Gasteiger partial charge on any atom is -0.481 e. The summed E-state index contributed by atoms with van der Waals surface area (Å²) < 4.78 is 5.49. The number of fused-ring (bicyclic) bond motifs is 1. The number of esters is 1. The molecule has 3 aliphatic rings. The number of ether oxygens (including phenoxy) is 1. The number of carbonyl (C=O) groups excluding carboxylic acids is 1. The lowest BCUT2D eigenvalue weighted by molar-refractivity contribution is -0.160. The SMILES string of the molecule is CC1C=C2C=C[C@H](C)[C@H](CC[C@@H]3C[C@@H](O)CC(=O)O3)[C@@H]2[C@H](C(C)C(C)(C)C(=O)O)C1. The molecule has 1 saturated heterocycles. The number of allylic oxidation sites excluding steroid dienone is 4. The van der Waals surface area contributed by atoms with E-state index in [9.17, 15) is 19.8 Å². The number of carboxylic acids is 1. The van der Waals surface area contributed by atoms with E-state index in [1.54, 1.807) is 0 Å². The number of aliphatic hydroxyl groups excluding tert-OH is 1. The van der Waals surface area contributed by atoms with Crippen LogP contribution >= 0.6 is 0 Å². The first-order valence-electron chi connectivity index (χ1n) is 11.5. The molecule has 168 valence electrons. The quantitative estimate of drug-likeness (QED) is 0.616. The summed E-state index contributed by atoms with van der Waals surface area (Å²) in [6.45, 7) is 10.3. The molecule has 8 atom stereocenters. The second-order valence-corrected chi connectivity index (χ2v) is 10.5. The fraction of sp³-hybridized carbons (Fsp3) is 0.760. The van der Waals surface area contributed by atoms with Crippen molar-refractivity contribution in [1.29, 1.82) is 0 Å². The number of aliphatic carboxylic acids is 1. The predicted octanol–water partition coefficient (Wildman–Crippen LogP) is 4.60. The van der Waals surface area contributed by atoms with Crippen molar-refractivity contribution >= 4 is 11.9 Å². The van der Waals surface area contributed by atoms with Gasteiger partial charge < -0.3 is 14.9 Å². The van der Waals surface area contributed by atoms with Gasteiger partial charge in [0.25, 0.3) is 0 Å². The molecule has 2 N–H and O–H groups in total. The maximum absolute atomic E-state index is 12.0. The second-order valence-electron chi connectivity index (χ2n) is 10.5.